The first kappa shape index (κ1) is 19.4. The molecular formula is C18H17ClN2O5. The van der Waals surface area contributed by atoms with Crippen LogP contribution >= 0.6 is 11.6 Å². The lowest BCUT2D eigenvalue weighted by atomic mass is 10.1. The number of likely N-dealkylation sites (N-methyl/N-ethyl adjacent to an activating group) is 1. The molecule has 0 aliphatic carbocycles. The number of ether oxygens (including phenoxy) is 1. The van der Waals surface area contributed by atoms with Crippen LogP contribution in [-0.2, 0) is 16.1 Å². The molecule has 0 saturated heterocycles. The minimum Gasteiger partial charge on any atom is -0.452 e. The average molecular weight is 377 g/mol. The molecule has 0 radical (unpaired) electrons. The van der Waals surface area contributed by atoms with Gasteiger partial charge in [0.2, 0.25) is 0 Å². The Labute approximate surface area is 155 Å². The fourth-order valence-corrected chi connectivity index (χ4v) is 2.52. The zero-order valence-corrected chi connectivity index (χ0v) is 15.0. The maximum absolute atomic E-state index is 12.1. The van der Waals surface area contributed by atoms with Gasteiger partial charge in [-0.15, -0.1) is 0 Å². The molecule has 136 valence electrons. The van der Waals surface area contributed by atoms with Gasteiger partial charge in [0.05, 0.1) is 10.5 Å². The number of rotatable bonds is 6. The van der Waals surface area contributed by atoms with Crippen molar-refractivity contribution in [2.75, 3.05) is 13.7 Å². The topological polar surface area (TPSA) is 89.8 Å². The third-order valence-corrected chi connectivity index (χ3v) is 3.93. The van der Waals surface area contributed by atoms with E-state index in [1.165, 1.54) is 30.0 Å². The number of esters is 1. The van der Waals surface area contributed by atoms with Gasteiger partial charge in [-0.05, 0) is 36.8 Å². The van der Waals surface area contributed by atoms with Crippen molar-refractivity contribution in [3.05, 3.63) is 74.3 Å². The molecule has 2 rings (SSSR count). The van der Waals surface area contributed by atoms with E-state index in [-0.39, 0.29) is 17.2 Å². The molecule has 0 N–H and O–H groups in total. The number of amides is 1. The molecule has 0 heterocycles. The molecule has 0 fully saturated rings. The second-order valence-corrected chi connectivity index (χ2v) is 6.15. The van der Waals surface area contributed by atoms with E-state index in [9.17, 15) is 19.7 Å². The van der Waals surface area contributed by atoms with Crippen LogP contribution in [0.4, 0.5) is 5.69 Å². The van der Waals surface area contributed by atoms with Crippen LogP contribution < -0.4 is 0 Å². The van der Waals surface area contributed by atoms with E-state index >= 15 is 0 Å². The first-order valence-electron chi connectivity index (χ1n) is 7.68. The summed E-state index contributed by atoms with van der Waals surface area (Å²) in [5, 5.41) is 11.4. The monoisotopic (exact) mass is 376 g/mol. The van der Waals surface area contributed by atoms with Gasteiger partial charge < -0.3 is 9.64 Å². The summed E-state index contributed by atoms with van der Waals surface area (Å²) in [5.41, 5.74) is 1.26. The Morgan fingerprint density at radius 1 is 1.23 bits per heavy atom. The van der Waals surface area contributed by atoms with Crippen molar-refractivity contribution in [2.24, 2.45) is 0 Å². The number of benzene rings is 2. The zero-order chi connectivity index (χ0) is 19.3. The summed E-state index contributed by atoms with van der Waals surface area (Å²) in [6.45, 7) is 1.43. The van der Waals surface area contributed by atoms with Crippen LogP contribution in [0.2, 0.25) is 5.02 Å². The quantitative estimate of drug-likeness (QED) is 0.438. The Balaban J connectivity index is 1.93. The van der Waals surface area contributed by atoms with Gasteiger partial charge in [-0.3, -0.25) is 14.9 Å². The molecule has 26 heavy (non-hydrogen) atoms. The standard InChI is InChI=1S/C18H17ClN2O5/c1-12-8-14(6-7-16(12)21(24)25)18(23)26-11-17(22)20(2)10-13-4-3-5-15(19)9-13/h3-9H,10-11H2,1-2H3. The molecule has 0 spiro atoms. The molecule has 7 nitrogen and oxygen atoms in total. The van der Waals surface area contributed by atoms with Crippen LogP contribution in [0.5, 0.6) is 0 Å². The van der Waals surface area contributed by atoms with E-state index in [2.05, 4.69) is 0 Å². The van der Waals surface area contributed by atoms with E-state index < -0.39 is 17.5 Å². The highest BCUT2D eigenvalue weighted by molar-refractivity contribution is 6.30. The number of nitrogens with zero attached hydrogens (tertiary/aromatic N) is 2. The largest absolute Gasteiger partial charge is 0.452 e. The Morgan fingerprint density at radius 3 is 2.58 bits per heavy atom. The van der Waals surface area contributed by atoms with E-state index in [0.717, 1.165) is 5.56 Å². The van der Waals surface area contributed by atoms with Crippen molar-refractivity contribution in [3.8, 4) is 0 Å². The second kappa shape index (κ2) is 8.44. The lowest BCUT2D eigenvalue weighted by Gasteiger charge is -2.17. The van der Waals surface area contributed by atoms with Gasteiger partial charge in [-0.25, -0.2) is 4.79 Å². The molecule has 0 atom stereocenters. The van der Waals surface area contributed by atoms with Gasteiger partial charge in [-0.2, -0.15) is 0 Å². The van der Waals surface area contributed by atoms with Crippen LogP contribution in [0.1, 0.15) is 21.5 Å². The van der Waals surface area contributed by atoms with Crippen LogP contribution in [0.15, 0.2) is 42.5 Å². The number of nitro benzene ring substituents is 1. The number of halogens is 1. The average Bonchev–Trinajstić information content (AvgIpc) is 2.58. The lowest BCUT2D eigenvalue weighted by molar-refractivity contribution is -0.385. The normalized spacial score (nSPS) is 10.3. The first-order valence-corrected chi connectivity index (χ1v) is 8.06. The highest BCUT2D eigenvalue weighted by Gasteiger charge is 2.17. The summed E-state index contributed by atoms with van der Waals surface area (Å²) in [6.07, 6.45) is 0. The summed E-state index contributed by atoms with van der Waals surface area (Å²) in [5.74, 6) is -1.09. The van der Waals surface area contributed by atoms with Crippen LogP contribution in [0.3, 0.4) is 0 Å². The molecule has 0 unspecified atom stereocenters. The Bertz CT molecular complexity index is 853. The van der Waals surface area contributed by atoms with Gasteiger partial charge in [0, 0.05) is 30.2 Å². The van der Waals surface area contributed by atoms with Gasteiger partial charge in [0.15, 0.2) is 6.61 Å². The van der Waals surface area contributed by atoms with E-state index in [1.807, 2.05) is 6.07 Å². The lowest BCUT2D eigenvalue weighted by Crippen LogP contribution is -2.30. The summed E-state index contributed by atoms with van der Waals surface area (Å²) in [6, 6.07) is 11.0. The maximum Gasteiger partial charge on any atom is 0.338 e. The molecule has 1 amide bonds. The van der Waals surface area contributed by atoms with Gasteiger partial charge >= 0.3 is 5.97 Å². The van der Waals surface area contributed by atoms with Crippen molar-refractivity contribution in [1.82, 2.24) is 4.90 Å². The molecule has 0 aliphatic rings. The summed E-state index contributed by atoms with van der Waals surface area (Å²) < 4.78 is 5.00. The minimum absolute atomic E-state index is 0.0844. The van der Waals surface area contributed by atoms with Crippen molar-refractivity contribution in [2.45, 2.75) is 13.5 Å². The molecule has 2 aromatic carbocycles. The van der Waals surface area contributed by atoms with Gasteiger partial charge in [0.25, 0.3) is 11.6 Å². The number of aryl methyl sites for hydroxylation is 1. The number of nitro groups is 1. The van der Waals surface area contributed by atoms with Crippen molar-refractivity contribution in [1.29, 1.82) is 0 Å². The van der Waals surface area contributed by atoms with Crippen molar-refractivity contribution >= 4 is 29.2 Å². The fourth-order valence-electron chi connectivity index (χ4n) is 2.31. The van der Waals surface area contributed by atoms with Crippen LogP contribution in [-0.4, -0.2) is 35.4 Å². The van der Waals surface area contributed by atoms with Crippen molar-refractivity contribution in [3.63, 3.8) is 0 Å². The summed E-state index contributed by atoms with van der Waals surface area (Å²) >= 11 is 5.91. The zero-order valence-electron chi connectivity index (χ0n) is 14.3. The highest BCUT2D eigenvalue weighted by Crippen LogP contribution is 2.19. The Morgan fingerprint density at radius 2 is 1.96 bits per heavy atom. The third-order valence-electron chi connectivity index (χ3n) is 3.69. The molecule has 0 bridgehead atoms. The van der Waals surface area contributed by atoms with E-state index in [4.69, 9.17) is 16.3 Å². The van der Waals surface area contributed by atoms with Crippen molar-refractivity contribution < 1.29 is 19.2 Å². The predicted octanol–water partition coefficient (Wildman–Crippen LogP) is 3.37. The third kappa shape index (κ3) is 5.03. The SMILES string of the molecule is Cc1cc(C(=O)OCC(=O)N(C)Cc2cccc(Cl)c2)ccc1[N+](=O)[O-]. The summed E-state index contributed by atoms with van der Waals surface area (Å²) in [7, 11) is 1.59. The predicted molar refractivity (Wildman–Crippen MR) is 96.0 cm³/mol. The molecule has 0 aliphatic heterocycles. The molecule has 8 heteroatoms. The number of hydrogen-bond donors (Lipinski definition) is 0. The molecule has 0 saturated carbocycles. The second-order valence-electron chi connectivity index (χ2n) is 5.71. The van der Waals surface area contributed by atoms with E-state index in [0.29, 0.717) is 17.1 Å². The van der Waals surface area contributed by atoms with E-state index in [1.54, 1.807) is 25.2 Å². The van der Waals surface area contributed by atoms with Gasteiger partial charge in [0.1, 0.15) is 0 Å². The van der Waals surface area contributed by atoms with Gasteiger partial charge in [-0.1, -0.05) is 23.7 Å². The first-order chi connectivity index (χ1) is 12.3. The Kier molecular flexibility index (Phi) is 6.30. The molecular weight excluding hydrogens is 360 g/mol. The molecule has 2 aromatic rings. The summed E-state index contributed by atoms with van der Waals surface area (Å²) in [4.78, 5) is 35.8. The maximum atomic E-state index is 12.1. The van der Waals surface area contributed by atoms with Crippen LogP contribution in [0, 0.1) is 17.0 Å². The smallest absolute Gasteiger partial charge is 0.338 e. The minimum atomic E-state index is -0.715. The fraction of sp³-hybridized carbons (Fsp3) is 0.222. The Hall–Kier alpha value is -2.93. The van der Waals surface area contributed by atoms with Crippen LogP contribution in [0.25, 0.3) is 0 Å². The highest BCUT2D eigenvalue weighted by atomic mass is 35.5. The molecule has 0 aromatic heterocycles. The number of carbonyl (C=O) groups excluding carboxylic acids is 2. The number of hydrogen-bond acceptors (Lipinski definition) is 5. The number of carbonyl (C=O) groups is 2.